The van der Waals surface area contributed by atoms with Crippen LogP contribution in [0.2, 0.25) is 0 Å². The first-order valence-electron chi connectivity index (χ1n) is 5.29. The van der Waals surface area contributed by atoms with Crippen molar-refractivity contribution in [2.75, 3.05) is 6.54 Å². The van der Waals surface area contributed by atoms with Gasteiger partial charge in [-0.3, -0.25) is 4.79 Å². The van der Waals surface area contributed by atoms with Gasteiger partial charge in [-0.25, -0.2) is 0 Å². The summed E-state index contributed by atoms with van der Waals surface area (Å²) in [4.78, 5) is 11.1. The fourth-order valence-corrected chi connectivity index (χ4v) is 1.48. The average Bonchev–Trinajstić information content (AvgIpc) is 2.29. The van der Waals surface area contributed by atoms with Crippen LogP contribution in [0.4, 0.5) is 0 Å². The highest BCUT2D eigenvalue weighted by molar-refractivity contribution is 5.78. The van der Waals surface area contributed by atoms with E-state index in [0.29, 0.717) is 0 Å². The maximum absolute atomic E-state index is 11.1. The smallest absolute Gasteiger partial charge is 0.233 e. The molecule has 82 valence electrons. The van der Waals surface area contributed by atoms with Crippen LogP contribution in [0, 0.1) is 0 Å². The van der Waals surface area contributed by atoms with E-state index in [1.54, 1.807) is 0 Å². The molecule has 1 amide bonds. The van der Waals surface area contributed by atoms with Crippen LogP contribution >= 0.6 is 0 Å². The van der Waals surface area contributed by atoms with Gasteiger partial charge in [-0.2, -0.15) is 0 Å². The quantitative estimate of drug-likeness (QED) is 0.757. The average molecular weight is 206 g/mol. The third kappa shape index (κ3) is 4.13. The first-order chi connectivity index (χ1) is 7.26. The van der Waals surface area contributed by atoms with Gasteiger partial charge in [0.2, 0.25) is 5.91 Å². The van der Waals surface area contributed by atoms with E-state index >= 15 is 0 Å². The number of amides is 1. The van der Waals surface area contributed by atoms with Crippen molar-refractivity contribution in [3.63, 3.8) is 0 Å². The molecule has 1 aromatic rings. The van der Waals surface area contributed by atoms with E-state index < -0.39 is 0 Å². The molecule has 0 saturated heterocycles. The Morgan fingerprint density at radius 1 is 1.40 bits per heavy atom. The van der Waals surface area contributed by atoms with Crippen LogP contribution in [0.5, 0.6) is 0 Å². The number of rotatable bonds is 5. The molecule has 0 fully saturated rings. The van der Waals surface area contributed by atoms with Crippen LogP contribution in [-0.4, -0.2) is 18.5 Å². The fraction of sp³-hybridized carbons (Fsp3) is 0.417. The summed E-state index contributed by atoms with van der Waals surface area (Å²) in [6, 6.07) is 10.3. The predicted molar refractivity (Wildman–Crippen MR) is 61.4 cm³/mol. The Morgan fingerprint density at radius 3 is 2.60 bits per heavy atom. The first-order valence-corrected chi connectivity index (χ1v) is 5.29. The summed E-state index contributed by atoms with van der Waals surface area (Å²) in [7, 11) is 0. The highest BCUT2D eigenvalue weighted by Crippen LogP contribution is 2.05. The molecule has 0 radical (unpaired) electrons. The molecule has 15 heavy (non-hydrogen) atoms. The van der Waals surface area contributed by atoms with E-state index in [4.69, 9.17) is 5.73 Å². The third-order valence-electron chi connectivity index (χ3n) is 2.37. The number of hydrogen-bond acceptors (Lipinski definition) is 2. The van der Waals surface area contributed by atoms with Crippen molar-refractivity contribution in [3.8, 4) is 0 Å². The molecule has 0 heterocycles. The first kappa shape index (κ1) is 11.7. The second-order valence-corrected chi connectivity index (χ2v) is 3.57. The van der Waals surface area contributed by atoms with Crippen LogP contribution < -0.4 is 11.1 Å². The van der Waals surface area contributed by atoms with Crippen molar-refractivity contribution in [3.05, 3.63) is 35.9 Å². The van der Waals surface area contributed by atoms with Gasteiger partial charge in [0.1, 0.15) is 0 Å². The molecule has 0 aromatic heterocycles. The van der Waals surface area contributed by atoms with Crippen LogP contribution in [0.15, 0.2) is 30.3 Å². The zero-order valence-corrected chi connectivity index (χ0v) is 9.07. The summed E-state index contributed by atoms with van der Waals surface area (Å²) in [5, 5.41) is 2.90. The minimum Gasteiger partial charge on any atom is -0.352 e. The van der Waals surface area contributed by atoms with E-state index in [1.807, 2.05) is 18.2 Å². The van der Waals surface area contributed by atoms with Crippen molar-refractivity contribution in [1.82, 2.24) is 5.32 Å². The van der Waals surface area contributed by atoms with Gasteiger partial charge in [-0.15, -0.1) is 0 Å². The molecule has 3 heteroatoms. The van der Waals surface area contributed by atoms with Crippen molar-refractivity contribution < 1.29 is 4.79 Å². The monoisotopic (exact) mass is 206 g/mol. The summed E-state index contributed by atoms with van der Waals surface area (Å²) in [5.41, 5.74) is 6.49. The highest BCUT2D eigenvalue weighted by Gasteiger charge is 2.09. The molecular formula is C12H18N2O. The second kappa shape index (κ2) is 6.19. The van der Waals surface area contributed by atoms with Gasteiger partial charge in [-0.1, -0.05) is 37.3 Å². The van der Waals surface area contributed by atoms with Gasteiger partial charge in [0.05, 0.1) is 6.54 Å². The topological polar surface area (TPSA) is 55.1 Å². The number of nitrogens with one attached hydrogen (secondary N) is 1. The molecule has 0 aliphatic carbocycles. The minimum atomic E-state index is -0.0854. The van der Waals surface area contributed by atoms with E-state index in [9.17, 15) is 4.79 Å². The molecule has 0 aliphatic rings. The van der Waals surface area contributed by atoms with Gasteiger partial charge in [0.15, 0.2) is 0 Å². The van der Waals surface area contributed by atoms with Gasteiger partial charge in [-0.05, 0) is 18.4 Å². The summed E-state index contributed by atoms with van der Waals surface area (Å²) < 4.78 is 0. The number of nitrogens with two attached hydrogens (primary N) is 1. The van der Waals surface area contributed by atoms with Crippen molar-refractivity contribution in [2.24, 2.45) is 5.73 Å². The van der Waals surface area contributed by atoms with Crippen molar-refractivity contribution >= 4 is 5.91 Å². The Labute approximate surface area is 90.7 Å². The van der Waals surface area contributed by atoms with Crippen LogP contribution in [0.1, 0.15) is 18.9 Å². The largest absolute Gasteiger partial charge is 0.352 e. The summed E-state index contributed by atoms with van der Waals surface area (Å²) in [6.45, 7) is 2.12. The lowest BCUT2D eigenvalue weighted by atomic mass is 10.0. The molecule has 0 spiro atoms. The Hall–Kier alpha value is -1.35. The Bertz CT molecular complexity index is 298. The molecule has 0 saturated carbocycles. The molecule has 1 atom stereocenters. The summed E-state index contributed by atoms with van der Waals surface area (Å²) >= 11 is 0. The zero-order chi connectivity index (χ0) is 11.1. The lowest BCUT2D eigenvalue weighted by Crippen LogP contribution is -2.39. The van der Waals surface area contributed by atoms with Gasteiger partial charge < -0.3 is 11.1 Å². The number of hydrogen-bond donors (Lipinski definition) is 2. The molecule has 0 bridgehead atoms. The van der Waals surface area contributed by atoms with Crippen LogP contribution in [-0.2, 0) is 11.2 Å². The molecule has 1 rings (SSSR count). The Balaban J connectivity index is 2.50. The SMILES string of the molecule is CCC(Cc1ccccc1)NC(=O)CN. The number of benzene rings is 1. The molecule has 3 nitrogen and oxygen atoms in total. The van der Waals surface area contributed by atoms with Crippen molar-refractivity contribution in [2.45, 2.75) is 25.8 Å². The minimum absolute atomic E-state index is 0.0608. The standard InChI is InChI=1S/C12H18N2O/c1-2-11(14-12(15)9-13)8-10-6-4-3-5-7-10/h3-7,11H,2,8-9,13H2,1H3,(H,14,15). The van der Waals surface area contributed by atoms with E-state index in [2.05, 4.69) is 24.4 Å². The second-order valence-electron chi connectivity index (χ2n) is 3.57. The van der Waals surface area contributed by atoms with Crippen LogP contribution in [0.25, 0.3) is 0 Å². The molecule has 0 aliphatic heterocycles. The molecule has 1 aromatic carbocycles. The number of carbonyl (C=O) groups excluding carboxylic acids is 1. The summed E-state index contributed by atoms with van der Waals surface area (Å²) in [6.07, 6.45) is 1.78. The molecule has 1 unspecified atom stereocenters. The molecule has 3 N–H and O–H groups in total. The Morgan fingerprint density at radius 2 is 2.07 bits per heavy atom. The van der Waals surface area contributed by atoms with Gasteiger partial charge >= 0.3 is 0 Å². The fourth-order valence-electron chi connectivity index (χ4n) is 1.48. The van der Waals surface area contributed by atoms with E-state index in [-0.39, 0.29) is 18.5 Å². The van der Waals surface area contributed by atoms with Crippen LogP contribution in [0.3, 0.4) is 0 Å². The Kier molecular flexibility index (Phi) is 4.84. The summed E-state index contributed by atoms with van der Waals surface area (Å²) in [5.74, 6) is -0.0854. The molecular weight excluding hydrogens is 188 g/mol. The maximum Gasteiger partial charge on any atom is 0.233 e. The maximum atomic E-state index is 11.1. The number of carbonyl (C=O) groups is 1. The lowest BCUT2D eigenvalue weighted by Gasteiger charge is -2.16. The lowest BCUT2D eigenvalue weighted by molar-refractivity contribution is -0.120. The third-order valence-corrected chi connectivity index (χ3v) is 2.37. The van der Waals surface area contributed by atoms with Gasteiger partial charge in [0.25, 0.3) is 0 Å². The van der Waals surface area contributed by atoms with E-state index in [0.717, 1.165) is 12.8 Å². The van der Waals surface area contributed by atoms with E-state index in [1.165, 1.54) is 5.56 Å². The predicted octanol–water partition coefficient (Wildman–Crippen LogP) is 1.08. The van der Waals surface area contributed by atoms with Gasteiger partial charge in [0, 0.05) is 6.04 Å². The highest BCUT2D eigenvalue weighted by atomic mass is 16.1. The zero-order valence-electron chi connectivity index (χ0n) is 9.07. The van der Waals surface area contributed by atoms with Crippen molar-refractivity contribution in [1.29, 1.82) is 0 Å². The normalized spacial score (nSPS) is 12.1.